The number of amides is 1. The molecule has 0 saturated heterocycles. The Morgan fingerprint density at radius 3 is 2.74 bits per heavy atom. The highest BCUT2D eigenvalue weighted by atomic mass is 16.5. The summed E-state index contributed by atoms with van der Waals surface area (Å²) < 4.78 is 12.5. The summed E-state index contributed by atoms with van der Waals surface area (Å²) in [5, 5.41) is 2.85. The van der Waals surface area contributed by atoms with Crippen molar-refractivity contribution in [2.75, 3.05) is 13.7 Å². The highest BCUT2D eigenvalue weighted by Gasteiger charge is 2.15. The van der Waals surface area contributed by atoms with Crippen molar-refractivity contribution in [2.24, 2.45) is 0 Å². The molecule has 0 aliphatic carbocycles. The fourth-order valence-corrected chi connectivity index (χ4v) is 2.87. The minimum atomic E-state index is -0.263. The first-order valence-corrected chi connectivity index (χ1v) is 8.80. The van der Waals surface area contributed by atoms with Gasteiger partial charge in [0.1, 0.15) is 11.5 Å². The number of fused-ring (bicyclic) bond motifs is 1. The number of H-pyrrole nitrogens is 1. The van der Waals surface area contributed by atoms with Gasteiger partial charge in [0.15, 0.2) is 0 Å². The highest BCUT2D eigenvalue weighted by Crippen LogP contribution is 2.25. The molecule has 27 heavy (non-hydrogen) atoms. The second kappa shape index (κ2) is 7.99. The van der Waals surface area contributed by atoms with E-state index in [0.717, 1.165) is 11.0 Å². The molecule has 0 bridgehead atoms. The second-order valence-corrected chi connectivity index (χ2v) is 6.38. The summed E-state index contributed by atoms with van der Waals surface area (Å²) in [7, 11) is 1.56. The van der Waals surface area contributed by atoms with Gasteiger partial charge >= 0.3 is 5.69 Å². The van der Waals surface area contributed by atoms with Crippen LogP contribution in [0.15, 0.2) is 47.3 Å². The standard InChI is InChI=1S/C20H23N3O4/c1-13(2)27-18-12-14(26-3)8-9-15(18)19(24)21-10-11-23-17-7-5-4-6-16(17)22-20(23)25/h4-9,12-13H,10-11H2,1-3H3,(H,21,24)(H,22,25). The number of benzene rings is 2. The van der Waals surface area contributed by atoms with Crippen molar-refractivity contribution in [3.63, 3.8) is 0 Å². The Hall–Kier alpha value is -3.22. The van der Waals surface area contributed by atoms with Crippen LogP contribution in [0.2, 0.25) is 0 Å². The maximum absolute atomic E-state index is 12.6. The minimum Gasteiger partial charge on any atom is -0.497 e. The fourth-order valence-electron chi connectivity index (χ4n) is 2.87. The van der Waals surface area contributed by atoms with Gasteiger partial charge in [0.2, 0.25) is 0 Å². The van der Waals surface area contributed by atoms with Gasteiger partial charge < -0.3 is 19.8 Å². The molecule has 0 spiro atoms. The molecule has 1 amide bonds. The van der Waals surface area contributed by atoms with E-state index in [9.17, 15) is 9.59 Å². The molecule has 0 radical (unpaired) electrons. The number of hydrogen-bond donors (Lipinski definition) is 2. The van der Waals surface area contributed by atoms with Crippen LogP contribution in [0.1, 0.15) is 24.2 Å². The number of para-hydroxylation sites is 2. The van der Waals surface area contributed by atoms with Crippen molar-refractivity contribution >= 4 is 16.9 Å². The van der Waals surface area contributed by atoms with Crippen LogP contribution in [-0.4, -0.2) is 35.2 Å². The molecule has 0 fully saturated rings. The van der Waals surface area contributed by atoms with E-state index in [1.807, 2.05) is 38.1 Å². The number of hydrogen-bond acceptors (Lipinski definition) is 4. The summed E-state index contributed by atoms with van der Waals surface area (Å²) >= 11 is 0. The van der Waals surface area contributed by atoms with E-state index in [0.29, 0.717) is 30.2 Å². The number of carbonyl (C=O) groups is 1. The topological polar surface area (TPSA) is 85.4 Å². The number of rotatable bonds is 7. The lowest BCUT2D eigenvalue weighted by molar-refractivity contribution is 0.0946. The Morgan fingerprint density at radius 1 is 1.22 bits per heavy atom. The largest absolute Gasteiger partial charge is 0.497 e. The zero-order valence-corrected chi connectivity index (χ0v) is 15.6. The lowest BCUT2D eigenvalue weighted by atomic mass is 10.1. The summed E-state index contributed by atoms with van der Waals surface area (Å²) in [6.45, 7) is 4.47. The van der Waals surface area contributed by atoms with Gasteiger partial charge in [-0.3, -0.25) is 9.36 Å². The van der Waals surface area contributed by atoms with Crippen molar-refractivity contribution in [1.29, 1.82) is 0 Å². The van der Waals surface area contributed by atoms with E-state index in [-0.39, 0.29) is 17.7 Å². The Balaban J connectivity index is 1.72. The van der Waals surface area contributed by atoms with Crippen LogP contribution in [0.5, 0.6) is 11.5 Å². The van der Waals surface area contributed by atoms with E-state index in [1.165, 1.54) is 0 Å². The summed E-state index contributed by atoms with van der Waals surface area (Å²) in [5.41, 5.74) is 1.82. The SMILES string of the molecule is COc1ccc(C(=O)NCCn2c(=O)[nH]c3ccccc32)c(OC(C)C)c1. The molecule has 0 unspecified atom stereocenters. The maximum Gasteiger partial charge on any atom is 0.326 e. The zero-order chi connectivity index (χ0) is 19.4. The quantitative estimate of drug-likeness (QED) is 0.670. The second-order valence-electron chi connectivity index (χ2n) is 6.38. The fraction of sp³-hybridized carbons (Fsp3) is 0.300. The third kappa shape index (κ3) is 4.13. The van der Waals surface area contributed by atoms with Crippen LogP contribution < -0.4 is 20.5 Å². The molecular formula is C20H23N3O4. The van der Waals surface area contributed by atoms with Gasteiger partial charge in [-0.15, -0.1) is 0 Å². The van der Waals surface area contributed by atoms with Crippen molar-refractivity contribution < 1.29 is 14.3 Å². The first-order chi connectivity index (χ1) is 13.0. The van der Waals surface area contributed by atoms with Crippen molar-refractivity contribution in [1.82, 2.24) is 14.9 Å². The average molecular weight is 369 g/mol. The number of aromatic nitrogens is 2. The number of nitrogens with zero attached hydrogens (tertiary/aromatic N) is 1. The molecule has 0 atom stereocenters. The summed E-state index contributed by atoms with van der Waals surface area (Å²) in [4.78, 5) is 27.5. The van der Waals surface area contributed by atoms with Gasteiger partial charge in [0, 0.05) is 19.2 Å². The van der Waals surface area contributed by atoms with Gasteiger partial charge in [-0.1, -0.05) is 12.1 Å². The molecule has 1 heterocycles. The van der Waals surface area contributed by atoms with Crippen LogP contribution in [0.4, 0.5) is 0 Å². The summed E-state index contributed by atoms with van der Waals surface area (Å²) in [6, 6.07) is 12.5. The molecule has 3 aromatic rings. The number of methoxy groups -OCH3 is 1. The summed E-state index contributed by atoms with van der Waals surface area (Å²) in [6.07, 6.45) is -0.0755. The predicted molar refractivity (Wildman–Crippen MR) is 104 cm³/mol. The third-order valence-electron chi connectivity index (χ3n) is 4.10. The van der Waals surface area contributed by atoms with Gasteiger partial charge in [-0.2, -0.15) is 0 Å². The molecule has 7 nitrogen and oxygen atoms in total. The molecule has 0 aliphatic heterocycles. The monoisotopic (exact) mass is 369 g/mol. The third-order valence-corrected chi connectivity index (χ3v) is 4.10. The molecular weight excluding hydrogens is 346 g/mol. The number of imidazole rings is 1. The number of nitrogens with one attached hydrogen (secondary N) is 2. The zero-order valence-electron chi connectivity index (χ0n) is 15.6. The molecule has 0 aliphatic rings. The molecule has 142 valence electrons. The smallest absolute Gasteiger partial charge is 0.326 e. The molecule has 7 heteroatoms. The van der Waals surface area contributed by atoms with Crippen molar-refractivity contribution in [2.45, 2.75) is 26.5 Å². The first kappa shape index (κ1) is 18.6. The molecule has 1 aromatic heterocycles. The van der Waals surface area contributed by atoms with Gasteiger partial charge in [0.25, 0.3) is 5.91 Å². The van der Waals surface area contributed by atoms with E-state index in [1.54, 1.807) is 29.9 Å². The Morgan fingerprint density at radius 2 is 2.00 bits per heavy atom. The average Bonchev–Trinajstić information content (AvgIpc) is 2.96. The van der Waals surface area contributed by atoms with Crippen LogP contribution in [0.3, 0.4) is 0 Å². The maximum atomic E-state index is 12.6. The van der Waals surface area contributed by atoms with Gasteiger partial charge in [0.05, 0.1) is 29.8 Å². The Bertz CT molecular complexity index is 1000. The molecule has 0 saturated carbocycles. The van der Waals surface area contributed by atoms with E-state index in [2.05, 4.69) is 10.3 Å². The Labute approximate surface area is 156 Å². The molecule has 2 N–H and O–H groups in total. The van der Waals surface area contributed by atoms with Crippen molar-refractivity contribution in [3.05, 3.63) is 58.5 Å². The number of carbonyl (C=O) groups excluding carboxylic acids is 1. The highest BCUT2D eigenvalue weighted by molar-refractivity contribution is 5.97. The van der Waals surface area contributed by atoms with Crippen LogP contribution in [-0.2, 0) is 6.54 Å². The predicted octanol–water partition coefficient (Wildman–Crippen LogP) is 2.56. The van der Waals surface area contributed by atoms with E-state index in [4.69, 9.17) is 9.47 Å². The lowest BCUT2D eigenvalue weighted by Gasteiger charge is -2.15. The first-order valence-electron chi connectivity index (χ1n) is 8.80. The number of ether oxygens (including phenoxy) is 2. The van der Waals surface area contributed by atoms with E-state index >= 15 is 0 Å². The van der Waals surface area contributed by atoms with Crippen LogP contribution in [0, 0.1) is 0 Å². The Kier molecular flexibility index (Phi) is 5.49. The number of aromatic amines is 1. The van der Waals surface area contributed by atoms with Crippen molar-refractivity contribution in [3.8, 4) is 11.5 Å². The lowest BCUT2D eigenvalue weighted by Crippen LogP contribution is -2.30. The van der Waals surface area contributed by atoms with Gasteiger partial charge in [-0.25, -0.2) is 4.79 Å². The molecule has 2 aromatic carbocycles. The normalized spacial score (nSPS) is 11.0. The summed E-state index contributed by atoms with van der Waals surface area (Å²) in [5.74, 6) is 0.819. The minimum absolute atomic E-state index is 0.0755. The van der Waals surface area contributed by atoms with Crippen LogP contribution in [0.25, 0.3) is 11.0 Å². The van der Waals surface area contributed by atoms with Crippen LogP contribution >= 0.6 is 0 Å². The molecule has 3 rings (SSSR count). The van der Waals surface area contributed by atoms with Gasteiger partial charge in [-0.05, 0) is 38.1 Å². The van der Waals surface area contributed by atoms with E-state index < -0.39 is 0 Å².